The summed E-state index contributed by atoms with van der Waals surface area (Å²) in [4.78, 5) is 24.4. The molecule has 14 nitrogen and oxygen atoms in total. The van der Waals surface area contributed by atoms with Crippen molar-refractivity contribution in [2.75, 3.05) is 24.6 Å². The summed E-state index contributed by atoms with van der Waals surface area (Å²) in [6, 6.07) is 0. The number of hydrogen-bond donors (Lipinski definition) is 6. The van der Waals surface area contributed by atoms with E-state index in [0.717, 1.165) is 103 Å². The van der Waals surface area contributed by atoms with Gasteiger partial charge in [-0.2, -0.15) is 0 Å². The van der Waals surface area contributed by atoms with Crippen molar-refractivity contribution in [2.45, 2.75) is 194 Å². The largest absolute Gasteiger partial charge is 2.00 e. The van der Waals surface area contributed by atoms with Crippen molar-refractivity contribution in [1.29, 1.82) is 0 Å². The summed E-state index contributed by atoms with van der Waals surface area (Å²) < 4.78 is 64.3. The van der Waals surface area contributed by atoms with Crippen LogP contribution in [0.4, 0.5) is 0 Å². The van der Waals surface area contributed by atoms with Gasteiger partial charge in [0.2, 0.25) is 11.8 Å². The molecule has 0 saturated heterocycles. The van der Waals surface area contributed by atoms with Crippen molar-refractivity contribution in [1.82, 2.24) is 10.6 Å². The maximum atomic E-state index is 12.2. The van der Waals surface area contributed by atoms with E-state index in [1.165, 1.54) is 12.8 Å². The predicted octanol–water partition coefficient (Wildman–Crippen LogP) is 6.11. The van der Waals surface area contributed by atoms with Crippen LogP contribution >= 0.6 is 0 Å². The molecule has 0 spiro atoms. The van der Waals surface area contributed by atoms with Crippen molar-refractivity contribution in [3.05, 3.63) is 0 Å². The van der Waals surface area contributed by atoms with Gasteiger partial charge in [-0.25, -0.2) is 16.8 Å². The van der Waals surface area contributed by atoms with Crippen LogP contribution < -0.4 is 10.6 Å². The van der Waals surface area contributed by atoms with E-state index in [1.807, 2.05) is 0 Å². The zero-order valence-corrected chi connectivity index (χ0v) is 45.2. The Morgan fingerprint density at radius 2 is 0.870 bits per heavy atom. The Morgan fingerprint density at radius 1 is 0.536 bits per heavy atom. The van der Waals surface area contributed by atoms with E-state index >= 15 is 0 Å². The van der Waals surface area contributed by atoms with Crippen molar-refractivity contribution in [3.63, 3.8) is 0 Å². The fourth-order valence-electron chi connectivity index (χ4n) is 18.3. The fourth-order valence-corrected chi connectivity index (χ4v) is 19.0. The topological polar surface area (TPSA) is 254 Å². The van der Waals surface area contributed by atoms with Crippen LogP contribution in [0, 0.1) is 92.7 Å². The minimum Gasteiger partial charge on any atom is -0.748 e. The van der Waals surface area contributed by atoms with Crippen LogP contribution in [0.1, 0.15) is 170 Å². The van der Waals surface area contributed by atoms with E-state index in [9.17, 15) is 56.0 Å². The summed E-state index contributed by atoms with van der Waals surface area (Å²) in [5, 5.41) is 48.3. The van der Waals surface area contributed by atoms with Crippen LogP contribution in [0.25, 0.3) is 0 Å². The molecule has 8 fully saturated rings. The van der Waals surface area contributed by atoms with Gasteiger partial charge in [0.05, 0.1) is 56.2 Å². The molecule has 0 bridgehead atoms. The summed E-state index contributed by atoms with van der Waals surface area (Å²) in [6.45, 7) is 13.9. The second-order valence-corrected chi connectivity index (χ2v) is 28.2. The maximum absolute atomic E-state index is 12.2. The first-order valence-electron chi connectivity index (χ1n) is 26.8. The molecule has 0 heterocycles. The molecule has 0 aromatic carbocycles. The number of hydrogen-bond acceptors (Lipinski definition) is 12. The maximum Gasteiger partial charge on any atom is 2.00 e. The third kappa shape index (κ3) is 12.1. The summed E-state index contributed by atoms with van der Waals surface area (Å²) in [7, 11) is -8.62. The Balaban J connectivity index is 0.000000224. The van der Waals surface area contributed by atoms with Crippen LogP contribution in [0.5, 0.6) is 0 Å². The molecule has 8 unspecified atom stereocenters. The first kappa shape index (κ1) is 57.4. The van der Waals surface area contributed by atoms with E-state index in [0.29, 0.717) is 83.9 Å². The molecule has 20 atom stereocenters. The van der Waals surface area contributed by atoms with Crippen molar-refractivity contribution in [3.8, 4) is 0 Å². The molecule has 8 aliphatic rings. The van der Waals surface area contributed by atoms with Gasteiger partial charge in [0, 0.05) is 25.9 Å². The molecular weight excluding hydrogens is 965 g/mol. The molecule has 8 aliphatic carbocycles. The van der Waals surface area contributed by atoms with Gasteiger partial charge in [0.1, 0.15) is 0 Å². The predicted molar refractivity (Wildman–Crippen MR) is 257 cm³/mol. The molecule has 398 valence electrons. The Kier molecular flexibility index (Phi) is 18.4. The molecule has 69 heavy (non-hydrogen) atoms. The molecule has 0 aliphatic heterocycles. The number of fused-ring (bicyclic) bond motifs is 10. The smallest absolute Gasteiger partial charge is 0.748 e. The number of aliphatic hydroxyl groups excluding tert-OH is 4. The minimum absolute atomic E-state index is 0. The number of amides is 2. The molecule has 0 aromatic rings. The average molecular weight is 1050 g/mol. The van der Waals surface area contributed by atoms with Gasteiger partial charge in [-0.05, 0) is 208 Å². The summed E-state index contributed by atoms with van der Waals surface area (Å²) in [6.07, 6.45) is 17.6. The molecule has 0 aromatic heterocycles. The van der Waals surface area contributed by atoms with Crippen molar-refractivity contribution in [2.24, 2.45) is 92.7 Å². The third-order valence-electron chi connectivity index (χ3n) is 21.8. The van der Waals surface area contributed by atoms with Gasteiger partial charge >= 0.3 is 17.1 Å². The van der Waals surface area contributed by atoms with Crippen LogP contribution in [-0.4, -0.2) is 107 Å². The van der Waals surface area contributed by atoms with Gasteiger partial charge in [0.15, 0.2) is 0 Å². The standard InChI is InChI=1S/2C26H45NO6S.Fe/c2*1-16(4-7-23(30)27-12-13-34(31,32)33)19-5-6-20-24-21(9-11-26(19,20)3)25(2)10-8-18(28)14-17(25)15-22(24)29;/h2*16-22,24,28-29H,4-15H2,1-3H3,(H,27,30)(H,31,32,33);/q;;+2/p-2/t2*16-,17?,18-,19-,20?,21?,22+,24?,25+,26-;/m11./s1. The van der Waals surface area contributed by atoms with E-state index in [4.69, 9.17) is 0 Å². The van der Waals surface area contributed by atoms with Gasteiger partial charge in [0.25, 0.3) is 0 Å². The van der Waals surface area contributed by atoms with Gasteiger partial charge < -0.3 is 40.2 Å². The zero-order valence-electron chi connectivity index (χ0n) is 42.4. The van der Waals surface area contributed by atoms with E-state index in [1.54, 1.807) is 0 Å². The molecule has 2 amide bonds. The monoisotopic (exact) mass is 1050 g/mol. The van der Waals surface area contributed by atoms with Crippen molar-refractivity contribution < 1.29 is 73.0 Å². The molecule has 6 N–H and O–H groups in total. The van der Waals surface area contributed by atoms with Gasteiger partial charge in [-0.1, -0.05) is 41.5 Å². The average Bonchev–Trinajstić information content (AvgIpc) is 3.79. The SMILES string of the molecule is C[C@H](CCC(=O)NCCS(=O)(=O)[O-])[C@H]1CCC2C3C(CC[C@@]21C)[C@@]1(C)CC[C@@H](O)CC1C[C@@H]3O.C[C@H](CCC(=O)NCCS(=O)(=O)[O-])[C@H]1CCC2C3C(CC[C@@]21C)[C@@]1(C)CC[C@@H](O)CC1C[C@@H]3O.[Fe+2]. The van der Waals surface area contributed by atoms with Crippen molar-refractivity contribution >= 4 is 32.1 Å². The van der Waals surface area contributed by atoms with Gasteiger partial charge in [-0.3, -0.25) is 9.59 Å². The Hall–Kier alpha value is -0.881. The first-order valence-corrected chi connectivity index (χ1v) is 30.0. The normalized spacial score (nSPS) is 44.4. The Labute approximate surface area is 425 Å². The quantitative estimate of drug-likeness (QED) is 0.0852. The number of carbonyl (C=O) groups excluding carboxylic acids is 2. The third-order valence-corrected chi connectivity index (χ3v) is 23.2. The molecule has 8 saturated carbocycles. The van der Waals surface area contributed by atoms with E-state index in [2.05, 4.69) is 52.2 Å². The second kappa shape index (κ2) is 22.1. The van der Waals surface area contributed by atoms with Crippen LogP contribution in [0.2, 0.25) is 0 Å². The molecule has 8 rings (SSSR count). The summed E-state index contributed by atoms with van der Waals surface area (Å²) in [5.74, 6) is 3.83. The molecule has 0 radical (unpaired) electrons. The number of nitrogens with one attached hydrogen (secondary N) is 2. The van der Waals surface area contributed by atoms with Gasteiger partial charge in [-0.15, -0.1) is 0 Å². The first-order chi connectivity index (χ1) is 31.7. The number of rotatable bonds is 14. The van der Waals surface area contributed by atoms with Crippen LogP contribution in [-0.2, 0) is 46.9 Å². The molecular formula is C52H88FeN2O12S2. The number of aliphatic hydroxyl groups is 4. The molecule has 17 heteroatoms. The zero-order chi connectivity index (χ0) is 49.8. The fraction of sp³-hybridized carbons (Fsp3) is 0.962. The number of carbonyl (C=O) groups is 2. The second-order valence-electron chi connectivity index (χ2n) is 25.2. The summed E-state index contributed by atoms with van der Waals surface area (Å²) in [5.41, 5.74) is 0.797. The van der Waals surface area contributed by atoms with Crippen LogP contribution in [0.15, 0.2) is 0 Å². The van der Waals surface area contributed by atoms with E-state index in [-0.39, 0.29) is 88.0 Å². The minimum atomic E-state index is -4.31. The Bertz CT molecular complexity index is 1870. The van der Waals surface area contributed by atoms with Crippen LogP contribution in [0.3, 0.4) is 0 Å². The Morgan fingerprint density at radius 3 is 1.22 bits per heavy atom. The summed E-state index contributed by atoms with van der Waals surface area (Å²) >= 11 is 0. The van der Waals surface area contributed by atoms with E-state index < -0.39 is 31.7 Å².